The largest absolute Gasteiger partial charge is 0.506 e. The normalized spacial score (nSPS) is 15.0. The van der Waals surface area contributed by atoms with Gasteiger partial charge in [-0.1, -0.05) is 36.4 Å². The number of rotatable bonds is 6. The number of hydrogen-bond acceptors (Lipinski definition) is 5. The van der Waals surface area contributed by atoms with E-state index >= 15 is 0 Å². The molecule has 6 nitrogen and oxygen atoms in total. The summed E-state index contributed by atoms with van der Waals surface area (Å²) in [5.74, 6) is -1.60. The molecule has 1 aliphatic rings. The van der Waals surface area contributed by atoms with Gasteiger partial charge in [0.05, 0.1) is 18.2 Å². The van der Waals surface area contributed by atoms with Gasteiger partial charge in [-0.25, -0.2) is 4.79 Å². The molecule has 0 saturated carbocycles. The van der Waals surface area contributed by atoms with E-state index in [9.17, 15) is 19.8 Å². The van der Waals surface area contributed by atoms with E-state index in [1.54, 1.807) is 56.3 Å². The molecule has 1 heterocycles. The van der Waals surface area contributed by atoms with E-state index in [2.05, 4.69) is 0 Å². The zero-order valence-electron chi connectivity index (χ0n) is 18.7. The van der Waals surface area contributed by atoms with Crippen LogP contribution < -0.4 is 9.47 Å². The minimum atomic E-state index is -1.20. The average Bonchev–Trinajstić information content (AvgIpc) is 2.76. The number of Topliss-reactive ketones (excluding diaryl/α,β-unsaturated/α-hetero) is 1. The smallest absolute Gasteiger partial charge is 0.328 e. The van der Waals surface area contributed by atoms with E-state index in [1.807, 2.05) is 19.9 Å². The number of hydrogen-bond donors (Lipinski definition) is 2. The first-order valence-corrected chi connectivity index (χ1v) is 10.1. The molecule has 0 aromatic heterocycles. The number of benzene rings is 2. The van der Waals surface area contributed by atoms with Gasteiger partial charge >= 0.3 is 5.97 Å². The molecule has 32 heavy (non-hydrogen) atoms. The molecule has 6 heteroatoms. The van der Waals surface area contributed by atoms with Crippen LogP contribution in [0.1, 0.15) is 54.7 Å². The monoisotopic (exact) mass is 434 g/mol. The van der Waals surface area contributed by atoms with Crippen LogP contribution in [-0.4, -0.2) is 34.7 Å². The van der Waals surface area contributed by atoms with Crippen LogP contribution in [0.25, 0.3) is 11.6 Å². The fourth-order valence-electron chi connectivity index (χ4n) is 3.59. The summed E-state index contributed by atoms with van der Waals surface area (Å²) in [5.41, 5.74) is 0.987. The predicted octanol–water partition coefficient (Wildman–Crippen LogP) is 5.25. The summed E-state index contributed by atoms with van der Waals surface area (Å²) in [6.07, 6.45) is 6.23. The minimum Gasteiger partial charge on any atom is -0.506 e. The Hall–Kier alpha value is -3.80. The molecule has 0 fully saturated rings. The lowest BCUT2D eigenvalue weighted by atomic mass is 9.87. The molecule has 0 aliphatic carbocycles. The Morgan fingerprint density at radius 3 is 2.34 bits per heavy atom. The molecule has 1 aliphatic heterocycles. The van der Waals surface area contributed by atoms with Crippen LogP contribution in [0.4, 0.5) is 0 Å². The highest BCUT2D eigenvalue weighted by Gasteiger charge is 2.35. The summed E-state index contributed by atoms with van der Waals surface area (Å²) in [6, 6.07) is 8.79. The van der Waals surface area contributed by atoms with Crippen molar-refractivity contribution >= 4 is 23.4 Å². The van der Waals surface area contributed by atoms with Gasteiger partial charge in [-0.05, 0) is 51.0 Å². The molecular weight excluding hydrogens is 408 g/mol. The van der Waals surface area contributed by atoms with Crippen LogP contribution in [0.3, 0.4) is 0 Å². The number of carboxylic acid groups (broad SMARTS) is 1. The molecule has 2 aromatic rings. The summed E-state index contributed by atoms with van der Waals surface area (Å²) in [4.78, 5) is 25.0. The minimum absolute atomic E-state index is 0.0444. The third-order valence-corrected chi connectivity index (χ3v) is 5.28. The van der Waals surface area contributed by atoms with Crippen LogP contribution in [0.2, 0.25) is 0 Å². The molecule has 0 amide bonds. The number of ether oxygens (including phenoxy) is 2. The van der Waals surface area contributed by atoms with Crippen LogP contribution in [0.15, 0.2) is 54.1 Å². The summed E-state index contributed by atoms with van der Waals surface area (Å²) < 4.78 is 11.7. The third-order valence-electron chi connectivity index (χ3n) is 5.28. The number of carbonyl (C=O) groups excluding carboxylic acids is 1. The Kier molecular flexibility index (Phi) is 6.25. The number of aliphatic carboxylic acids is 1. The number of allylic oxidation sites excluding steroid dienone is 2. The lowest BCUT2D eigenvalue weighted by molar-refractivity contribution is -0.131. The van der Waals surface area contributed by atoms with E-state index in [1.165, 1.54) is 7.11 Å². The standard InChI is InChI=1S/C26H26O6/c1-6-15(2)22(29)21-23(30)20(18(14-19(27)28)16-10-8-7-9-11-16)25-17(24(21)31-5)12-13-26(3,4)32-25/h6-14,30H,1-5H3,(H,27,28)/b15-6+,18-14+. The molecule has 0 unspecified atom stereocenters. The Bertz CT molecular complexity index is 1170. The van der Waals surface area contributed by atoms with E-state index < -0.39 is 23.1 Å². The van der Waals surface area contributed by atoms with Gasteiger partial charge in [-0.2, -0.15) is 0 Å². The number of phenols is 1. The second-order valence-corrected chi connectivity index (χ2v) is 7.98. The molecule has 0 atom stereocenters. The van der Waals surface area contributed by atoms with Crippen molar-refractivity contribution in [1.29, 1.82) is 0 Å². The topological polar surface area (TPSA) is 93.1 Å². The van der Waals surface area contributed by atoms with Crippen LogP contribution in [-0.2, 0) is 4.79 Å². The number of aromatic hydroxyl groups is 1. The van der Waals surface area contributed by atoms with Crippen molar-refractivity contribution < 1.29 is 29.3 Å². The van der Waals surface area contributed by atoms with Crippen molar-refractivity contribution in [3.05, 3.63) is 76.4 Å². The van der Waals surface area contributed by atoms with Gasteiger partial charge in [-0.3, -0.25) is 4.79 Å². The van der Waals surface area contributed by atoms with Crippen molar-refractivity contribution in [2.45, 2.75) is 33.3 Å². The molecule has 0 spiro atoms. The van der Waals surface area contributed by atoms with E-state index in [-0.39, 0.29) is 28.2 Å². The van der Waals surface area contributed by atoms with Crippen molar-refractivity contribution in [2.24, 2.45) is 0 Å². The van der Waals surface area contributed by atoms with E-state index in [4.69, 9.17) is 9.47 Å². The third kappa shape index (κ3) is 4.17. The highest BCUT2D eigenvalue weighted by atomic mass is 16.5. The molecular formula is C26H26O6. The van der Waals surface area contributed by atoms with E-state index in [0.29, 0.717) is 16.7 Å². The number of fused-ring (bicyclic) bond motifs is 1. The van der Waals surface area contributed by atoms with Crippen molar-refractivity contribution in [3.63, 3.8) is 0 Å². The van der Waals surface area contributed by atoms with Gasteiger partial charge in [0, 0.05) is 11.6 Å². The second kappa shape index (κ2) is 8.75. The second-order valence-electron chi connectivity index (χ2n) is 7.98. The van der Waals surface area contributed by atoms with Gasteiger partial charge in [0.15, 0.2) is 5.78 Å². The zero-order chi connectivity index (χ0) is 23.6. The van der Waals surface area contributed by atoms with Gasteiger partial charge in [0.25, 0.3) is 0 Å². The van der Waals surface area contributed by atoms with Gasteiger partial charge < -0.3 is 19.7 Å². The Balaban J connectivity index is 2.50. The quantitative estimate of drug-likeness (QED) is 0.476. The van der Waals surface area contributed by atoms with Crippen molar-refractivity contribution in [2.75, 3.05) is 7.11 Å². The SMILES string of the molecule is C/C=C(\C)C(=O)c1c(O)c(/C(=C/C(=O)O)c2ccccc2)c2c(c1OC)C=CC(C)(C)O2. The van der Waals surface area contributed by atoms with Crippen molar-refractivity contribution in [1.82, 2.24) is 0 Å². The molecule has 3 rings (SSSR count). The number of carboxylic acids is 1. The summed E-state index contributed by atoms with van der Waals surface area (Å²) >= 11 is 0. The fourth-order valence-corrected chi connectivity index (χ4v) is 3.59. The summed E-state index contributed by atoms with van der Waals surface area (Å²) in [7, 11) is 1.41. The number of methoxy groups -OCH3 is 1. The molecule has 0 radical (unpaired) electrons. The lowest BCUT2D eigenvalue weighted by Crippen LogP contribution is -2.28. The molecule has 2 N–H and O–H groups in total. The van der Waals surface area contributed by atoms with Crippen molar-refractivity contribution in [3.8, 4) is 17.2 Å². The fraction of sp³-hybridized carbons (Fsp3) is 0.231. The molecule has 0 bridgehead atoms. The van der Waals surface area contributed by atoms with E-state index in [0.717, 1.165) is 6.08 Å². The first kappa shape index (κ1) is 22.9. The first-order valence-electron chi connectivity index (χ1n) is 10.1. The average molecular weight is 434 g/mol. The van der Waals surface area contributed by atoms with Gasteiger partial charge in [0.2, 0.25) is 0 Å². The highest BCUT2D eigenvalue weighted by Crippen LogP contribution is 2.51. The molecule has 166 valence electrons. The Morgan fingerprint density at radius 2 is 1.78 bits per heavy atom. The number of carbonyl (C=O) groups is 2. The number of ketones is 1. The first-order chi connectivity index (χ1) is 15.1. The Morgan fingerprint density at radius 1 is 1.12 bits per heavy atom. The summed E-state index contributed by atoms with van der Waals surface area (Å²) in [6.45, 7) is 7.04. The van der Waals surface area contributed by atoms with Gasteiger partial charge in [0.1, 0.15) is 28.4 Å². The van der Waals surface area contributed by atoms with Crippen LogP contribution in [0.5, 0.6) is 17.2 Å². The highest BCUT2D eigenvalue weighted by molar-refractivity contribution is 6.14. The van der Waals surface area contributed by atoms with Crippen LogP contribution in [0, 0.1) is 0 Å². The number of phenolic OH excluding ortho intramolecular Hbond substituents is 1. The molecule has 2 aromatic carbocycles. The maximum absolute atomic E-state index is 13.2. The predicted molar refractivity (Wildman–Crippen MR) is 123 cm³/mol. The maximum atomic E-state index is 13.2. The van der Waals surface area contributed by atoms with Gasteiger partial charge in [-0.15, -0.1) is 0 Å². The maximum Gasteiger partial charge on any atom is 0.328 e. The van der Waals surface area contributed by atoms with Crippen LogP contribution >= 0.6 is 0 Å². The molecule has 0 saturated heterocycles. The summed E-state index contributed by atoms with van der Waals surface area (Å²) in [5, 5.41) is 21.0. The lowest BCUT2D eigenvalue weighted by Gasteiger charge is -2.32. The Labute approximate surface area is 187 Å². The zero-order valence-corrected chi connectivity index (χ0v) is 18.7.